The summed E-state index contributed by atoms with van der Waals surface area (Å²) in [6.07, 6.45) is 3.82. The van der Waals surface area contributed by atoms with Crippen LogP contribution in [-0.4, -0.2) is 18.7 Å². The molecule has 25 heavy (non-hydrogen) atoms. The van der Waals surface area contributed by atoms with Gasteiger partial charge in [0.25, 0.3) is 5.56 Å². The SMILES string of the molecule is CCn1c(=O)c2c(nc(/C=C/c3ccc(C)cc3)n2C)n(CC)c1=O. The van der Waals surface area contributed by atoms with Gasteiger partial charge in [0, 0.05) is 20.1 Å². The molecule has 3 rings (SSSR count). The topological polar surface area (TPSA) is 61.8 Å². The van der Waals surface area contributed by atoms with Crippen molar-refractivity contribution in [3.63, 3.8) is 0 Å². The maximum absolute atomic E-state index is 12.7. The molecule has 0 spiro atoms. The minimum atomic E-state index is -0.310. The van der Waals surface area contributed by atoms with E-state index < -0.39 is 0 Å². The van der Waals surface area contributed by atoms with Crippen LogP contribution in [0.4, 0.5) is 0 Å². The molecule has 0 saturated carbocycles. The summed E-state index contributed by atoms with van der Waals surface area (Å²) in [4.78, 5) is 29.7. The van der Waals surface area contributed by atoms with E-state index in [-0.39, 0.29) is 11.2 Å². The Morgan fingerprint density at radius 1 is 1.00 bits per heavy atom. The van der Waals surface area contributed by atoms with Crippen molar-refractivity contribution in [1.29, 1.82) is 0 Å². The molecule has 0 amide bonds. The van der Waals surface area contributed by atoms with Gasteiger partial charge >= 0.3 is 5.69 Å². The van der Waals surface area contributed by atoms with Crippen molar-refractivity contribution in [3.05, 3.63) is 62.1 Å². The number of nitrogens with zero attached hydrogens (tertiary/aromatic N) is 4. The first-order chi connectivity index (χ1) is 12.0. The van der Waals surface area contributed by atoms with E-state index >= 15 is 0 Å². The molecule has 0 atom stereocenters. The van der Waals surface area contributed by atoms with Gasteiger partial charge in [0.2, 0.25) is 0 Å². The lowest BCUT2D eigenvalue weighted by molar-refractivity contribution is 0.604. The van der Waals surface area contributed by atoms with Crippen molar-refractivity contribution in [3.8, 4) is 0 Å². The van der Waals surface area contributed by atoms with Crippen molar-refractivity contribution in [2.45, 2.75) is 33.9 Å². The highest BCUT2D eigenvalue weighted by Gasteiger charge is 2.17. The minimum Gasteiger partial charge on any atom is -0.322 e. The van der Waals surface area contributed by atoms with Crippen molar-refractivity contribution in [1.82, 2.24) is 18.7 Å². The van der Waals surface area contributed by atoms with Crippen LogP contribution in [0.2, 0.25) is 0 Å². The van der Waals surface area contributed by atoms with Crippen LogP contribution in [0.5, 0.6) is 0 Å². The van der Waals surface area contributed by atoms with Crippen LogP contribution in [0.1, 0.15) is 30.8 Å². The molecule has 0 N–H and O–H groups in total. The summed E-state index contributed by atoms with van der Waals surface area (Å²) in [5, 5.41) is 0. The second kappa shape index (κ2) is 6.55. The van der Waals surface area contributed by atoms with E-state index in [9.17, 15) is 9.59 Å². The third-order valence-corrected chi connectivity index (χ3v) is 4.41. The number of aryl methyl sites for hydroxylation is 3. The van der Waals surface area contributed by atoms with Crippen LogP contribution in [-0.2, 0) is 20.1 Å². The first-order valence-corrected chi connectivity index (χ1v) is 8.42. The van der Waals surface area contributed by atoms with E-state index in [0.717, 1.165) is 5.56 Å². The van der Waals surface area contributed by atoms with E-state index in [1.165, 1.54) is 10.1 Å². The van der Waals surface area contributed by atoms with E-state index in [2.05, 4.69) is 4.98 Å². The van der Waals surface area contributed by atoms with Gasteiger partial charge in [-0.3, -0.25) is 13.9 Å². The number of hydrogen-bond acceptors (Lipinski definition) is 3. The molecule has 0 aliphatic heterocycles. The number of aromatic nitrogens is 4. The second-order valence-electron chi connectivity index (χ2n) is 6.02. The Bertz CT molecular complexity index is 1070. The number of imidazole rings is 1. The number of hydrogen-bond donors (Lipinski definition) is 0. The summed E-state index contributed by atoms with van der Waals surface area (Å²) < 4.78 is 4.55. The number of fused-ring (bicyclic) bond motifs is 1. The summed E-state index contributed by atoms with van der Waals surface area (Å²) in [6.45, 7) is 6.52. The molecule has 130 valence electrons. The Balaban J connectivity index is 2.20. The van der Waals surface area contributed by atoms with Crippen molar-refractivity contribution < 1.29 is 0 Å². The lowest BCUT2D eigenvalue weighted by Crippen LogP contribution is -2.39. The highest BCUT2D eigenvalue weighted by molar-refractivity contribution is 5.76. The molecule has 0 bridgehead atoms. The third kappa shape index (κ3) is 2.84. The zero-order valence-corrected chi connectivity index (χ0v) is 15.0. The first-order valence-electron chi connectivity index (χ1n) is 8.42. The summed E-state index contributed by atoms with van der Waals surface area (Å²) in [5.74, 6) is 0.642. The first kappa shape index (κ1) is 17.0. The summed E-state index contributed by atoms with van der Waals surface area (Å²) in [5.41, 5.74) is 2.54. The zero-order chi connectivity index (χ0) is 18.1. The fourth-order valence-electron chi connectivity index (χ4n) is 2.94. The van der Waals surface area contributed by atoms with Crippen molar-refractivity contribution >= 4 is 23.3 Å². The largest absolute Gasteiger partial charge is 0.332 e. The van der Waals surface area contributed by atoms with E-state index in [0.29, 0.717) is 30.1 Å². The maximum atomic E-state index is 12.7. The Hall–Kier alpha value is -2.89. The molecule has 0 aliphatic carbocycles. The van der Waals surface area contributed by atoms with Gasteiger partial charge in [-0.15, -0.1) is 0 Å². The van der Waals surface area contributed by atoms with Gasteiger partial charge in [0.15, 0.2) is 11.2 Å². The van der Waals surface area contributed by atoms with Gasteiger partial charge in [0.1, 0.15) is 5.82 Å². The maximum Gasteiger partial charge on any atom is 0.332 e. The predicted molar refractivity (Wildman–Crippen MR) is 101 cm³/mol. The lowest BCUT2D eigenvalue weighted by Gasteiger charge is -2.08. The third-order valence-electron chi connectivity index (χ3n) is 4.41. The zero-order valence-electron chi connectivity index (χ0n) is 15.0. The Morgan fingerprint density at radius 2 is 1.64 bits per heavy atom. The van der Waals surface area contributed by atoms with Crippen LogP contribution in [0.3, 0.4) is 0 Å². The van der Waals surface area contributed by atoms with Gasteiger partial charge in [0.05, 0.1) is 0 Å². The fourth-order valence-corrected chi connectivity index (χ4v) is 2.94. The number of rotatable bonds is 4. The molecule has 2 heterocycles. The van der Waals surface area contributed by atoms with E-state index in [4.69, 9.17) is 0 Å². The normalized spacial score (nSPS) is 11.7. The number of benzene rings is 1. The Labute approximate surface area is 145 Å². The molecule has 0 aliphatic rings. The molecule has 6 nitrogen and oxygen atoms in total. The highest BCUT2D eigenvalue weighted by Crippen LogP contribution is 2.13. The van der Waals surface area contributed by atoms with Crippen molar-refractivity contribution in [2.24, 2.45) is 7.05 Å². The van der Waals surface area contributed by atoms with Crippen LogP contribution in [0.15, 0.2) is 33.9 Å². The van der Waals surface area contributed by atoms with Crippen LogP contribution in [0.25, 0.3) is 23.3 Å². The van der Waals surface area contributed by atoms with Gasteiger partial charge in [-0.1, -0.05) is 35.9 Å². The van der Waals surface area contributed by atoms with Gasteiger partial charge < -0.3 is 4.57 Å². The molecule has 6 heteroatoms. The molecule has 0 saturated heterocycles. The van der Waals surface area contributed by atoms with Crippen LogP contribution >= 0.6 is 0 Å². The molecular weight excluding hydrogens is 316 g/mol. The predicted octanol–water partition coefficient (Wildman–Crippen LogP) is 2.42. The monoisotopic (exact) mass is 338 g/mol. The van der Waals surface area contributed by atoms with E-state index in [1.807, 2.05) is 50.3 Å². The van der Waals surface area contributed by atoms with Crippen LogP contribution in [0, 0.1) is 6.92 Å². The molecule has 1 aromatic carbocycles. The summed E-state index contributed by atoms with van der Waals surface area (Å²) >= 11 is 0. The standard InChI is InChI=1S/C19H22N4O2/c1-5-22-17-16(18(24)23(6-2)19(22)25)21(4)15(20-17)12-11-14-9-7-13(3)8-10-14/h7-12H,5-6H2,1-4H3/b12-11+. The second-order valence-corrected chi connectivity index (χ2v) is 6.02. The molecule has 0 fully saturated rings. The van der Waals surface area contributed by atoms with Crippen molar-refractivity contribution in [2.75, 3.05) is 0 Å². The molecule has 0 radical (unpaired) electrons. The van der Waals surface area contributed by atoms with Gasteiger partial charge in [-0.25, -0.2) is 9.78 Å². The average molecular weight is 338 g/mol. The minimum absolute atomic E-state index is 0.294. The molecule has 2 aromatic heterocycles. The molecule has 3 aromatic rings. The van der Waals surface area contributed by atoms with Gasteiger partial charge in [-0.05, 0) is 32.4 Å². The quantitative estimate of drug-likeness (QED) is 0.734. The molecular formula is C19H22N4O2. The lowest BCUT2D eigenvalue weighted by atomic mass is 10.1. The Morgan fingerprint density at radius 3 is 2.24 bits per heavy atom. The highest BCUT2D eigenvalue weighted by atomic mass is 16.2. The smallest absolute Gasteiger partial charge is 0.322 e. The van der Waals surface area contributed by atoms with Gasteiger partial charge in [-0.2, -0.15) is 0 Å². The average Bonchev–Trinajstić information content (AvgIpc) is 2.92. The summed E-state index contributed by atoms with van der Waals surface area (Å²) in [6, 6.07) is 8.15. The van der Waals surface area contributed by atoms with E-state index in [1.54, 1.807) is 23.1 Å². The van der Waals surface area contributed by atoms with Crippen LogP contribution < -0.4 is 11.2 Å². The summed E-state index contributed by atoms with van der Waals surface area (Å²) in [7, 11) is 1.80. The Kier molecular flexibility index (Phi) is 4.44. The fraction of sp³-hybridized carbons (Fsp3) is 0.316. The molecule has 0 unspecified atom stereocenters.